The van der Waals surface area contributed by atoms with Crippen molar-refractivity contribution in [3.63, 3.8) is 0 Å². The first-order valence-corrected chi connectivity index (χ1v) is 28.9. The summed E-state index contributed by atoms with van der Waals surface area (Å²) in [7, 11) is 0. The Morgan fingerprint density at radius 1 is 0.305 bits per heavy atom. The van der Waals surface area contributed by atoms with Gasteiger partial charge < -0.3 is 5.73 Å². The SMILES string of the molecule is CC(=Nc1c([C@H](C)c2ccccc2)cc(C)cc1[C@H](C)c1ccccc1)C(C)=Nc1c([C@H](C)c2ccccc2)cc(C)cc1[C@H](C)c1ccccc1.CC(=O)C(C)=O.Cc1cc([C@H](C)c2ccccc2)c(N)c([C@H](C)c2ccccc2)c1. The summed E-state index contributed by atoms with van der Waals surface area (Å²) in [5, 5.41) is 0. The number of nitrogens with zero attached hydrogens (tertiary/aromatic N) is 2. The van der Waals surface area contributed by atoms with E-state index >= 15 is 0 Å². The molecule has 0 radical (unpaired) electrons. The second-order valence-corrected chi connectivity index (χ2v) is 22.2. The number of anilines is 1. The second kappa shape index (κ2) is 28.7. The number of benzene rings is 9. The van der Waals surface area contributed by atoms with E-state index in [2.05, 4.69) is 295 Å². The van der Waals surface area contributed by atoms with E-state index in [1.807, 2.05) is 0 Å². The summed E-state index contributed by atoms with van der Waals surface area (Å²) in [5.74, 6) is 0.479. The van der Waals surface area contributed by atoms with Crippen LogP contribution < -0.4 is 5.73 Å². The number of aryl methyl sites for hydroxylation is 3. The highest BCUT2D eigenvalue weighted by atomic mass is 16.2. The molecule has 9 rings (SSSR count). The summed E-state index contributed by atoms with van der Waals surface area (Å²) in [5.41, 5.74) is 30.4. The summed E-state index contributed by atoms with van der Waals surface area (Å²) < 4.78 is 0. The molecule has 0 bridgehead atoms. The Bertz CT molecular complexity index is 3240. The van der Waals surface area contributed by atoms with E-state index in [-0.39, 0.29) is 47.1 Å². The van der Waals surface area contributed by atoms with Gasteiger partial charge in [0.05, 0.1) is 22.8 Å². The van der Waals surface area contributed by atoms with E-state index in [1.165, 1.54) is 97.3 Å². The first-order valence-electron chi connectivity index (χ1n) is 28.9. The third-order valence-electron chi connectivity index (χ3n) is 16.2. The van der Waals surface area contributed by atoms with E-state index in [0.717, 1.165) is 28.5 Å². The second-order valence-electron chi connectivity index (χ2n) is 22.2. The average Bonchev–Trinajstić information content (AvgIpc) is 3.55. The maximum Gasteiger partial charge on any atom is 0.195 e. The van der Waals surface area contributed by atoms with Gasteiger partial charge in [-0.05, 0) is 101 Å². The molecule has 0 spiro atoms. The lowest BCUT2D eigenvalue weighted by molar-refractivity contribution is -0.134. The number of hydrogen-bond donors (Lipinski definition) is 1. The predicted octanol–water partition coefficient (Wildman–Crippen LogP) is 19.8. The van der Waals surface area contributed by atoms with Crippen molar-refractivity contribution in [2.24, 2.45) is 9.98 Å². The van der Waals surface area contributed by atoms with E-state index in [9.17, 15) is 9.59 Å². The molecule has 5 nitrogen and oxygen atoms in total. The molecule has 0 aliphatic rings. The third kappa shape index (κ3) is 15.5. The van der Waals surface area contributed by atoms with Gasteiger partial charge in [-0.15, -0.1) is 0 Å². The van der Waals surface area contributed by atoms with E-state index in [1.54, 1.807) is 0 Å². The van der Waals surface area contributed by atoms with Gasteiger partial charge in [0.15, 0.2) is 11.6 Å². The first-order chi connectivity index (χ1) is 39.3. The molecule has 0 saturated heterocycles. The normalized spacial score (nSPS) is 13.7. The summed E-state index contributed by atoms with van der Waals surface area (Å²) in [6.45, 7) is 27.0. The molecule has 0 saturated carbocycles. The van der Waals surface area contributed by atoms with Crippen LogP contribution in [0.1, 0.15) is 188 Å². The summed E-state index contributed by atoms with van der Waals surface area (Å²) >= 11 is 0. The van der Waals surface area contributed by atoms with Gasteiger partial charge in [0.25, 0.3) is 0 Å². The lowest BCUT2D eigenvalue weighted by Gasteiger charge is -2.24. The van der Waals surface area contributed by atoms with E-state index < -0.39 is 0 Å². The third-order valence-corrected chi connectivity index (χ3v) is 16.2. The number of nitrogen functional groups attached to an aromatic ring is 1. The average molecular weight is 1080 g/mol. The summed E-state index contributed by atoms with van der Waals surface area (Å²) in [6.07, 6.45) is 0. The number of carbonyl (C=O) groups excluding carboxylic acids is 2. The Balaban J connectivity index is 0.000000266. The van der Waals surface area contributed by atoms with Crippen molar-refractivity contribution in [2.75, 3.05) is 5.73 Å². The molecule has 0 aliphatic carbocycles. The smallest absolute Gasteiger partial charge is 0.195 e. The van der Waals surface area contributed by atoms with Crippen LogP contribution >= 0.6 is 0 Å². The van der Waals surface area contributed by atoms with Crippen molar-refractivity contribution in [1.29, 1.82) is 0 Å². The molecule has 6 atom stereocenters. The Morgan fingerprint density at radius 2 is 0.476 bits per heavy atom. The van der Waals surface area contributed by atoms with E-state index in [0.29, 0.717) is 0 Å². The fourth-order valence-corrected chi connectivity index (χ4v) is 10.8. The molecular weight excluding hydrogens is 999 g/mol. The molecule has 0 unspecified atom stereocenters. The number of nitrogens with two attached hydrogens (primary N) is 1. The highest BCUT2D eigenvalue weighted by Crippen LogP contribution is 2.44. The number of ketones is 2. The minimum absolute atomic E-state index is 0.167. The van der Waals surface area contributed by atoms with Crippen molar-refractivity contribution < 1.29 is 9.59 Å². The Labute approximate surface area is 490 Å². The van der Waals surface area contributed by atoms with Gasteiger partial charge in [-0.3, -0.25) is 19.6 Å². The Morgan fingerprint density at radius 3 is 0.659 bits per heavy atom. The van der Waals surface area contributed by atoms with Crippen molar-refractivity contribution in [3.05, 3.63) is 302 Å². The molecular formula is C77H83N3O2. The Hall–Kier alpha value is -8.54. The zero-order valence-corrected chi connectivity index (χ0v) is 50.5. The fraction of sp³-hybridized carbons (Fsp3) is 0.247. The molecule has 82 heavy (non-hydrogen) atoms. The van der Waals surface area contributed by atoms with Crippen LogP contribution in [0.25, 0.3) is 0 Å². The van der Waals surface area contributed by atoms with Gasteiger partial charge in [0, 0.05) is 55.0 Å². The van der Waals surface area contributed by atoms with Gasteiger partial charge >= 0.3 is 0 Å². The molecule has 0 aromatic heterocycles. The van der Waals surface area contributed by atoms with Crippen LogP contribution in [-0.2, 0) is 9.59 Å². The maximum atomic E-state index is 9.79. The van der Waals surface area contributed by atoms with Crippen LogP contribution in [-0.4, -0.2) is 23.0 Å². The van der Waals surface area contributed by atoms with Crippen LogP contribution in [0.5, 0.6) is 0 Å². The Kier molecular flexibility index (Phi) is 21.4. The summed E-state index contributed by atoms with van der Waals surface area (Å²) in [6, 6.07) is 78.1. The van der Waals surface area contributed by atoms with Crippen molar-refractivity contribution in [1.82, 2.24) is 0 Å². The van der Waals surface area contributed by atoms with Crippen LogP contribution in [0.4, 0.5) is 17.1 Å². The quantitative estimate of drug-likeness (QED) is 0.0594. The molecule has 0 aliphatic heterocycles. The van der Waals surface area contributed by atoms with Crippen LogP contribution in [0.3, 0.4) is 0 Å². The highest BCUT2D eigenvalue weighted by Gasteiger charge is 2.25. The summed E-state index contributed by atoms with van der Waals surface area (Å²) in [4.78, 5) is 30.7. The fourth-order valence-electron chi connectivity index (χ4n) is 10.8. The monoisotopic (exact) mass is 1080 g/mol. The zero-order chi connectivity index (χ0) is 59.0. The van der Waals surface area contributed by atoms with Crippen molar-refractivity contribution in [2.45, 2.75) is 126 Å². The standard InChI is InChI=1S/C50H52N2.C23H25N.C4H6O2/c1-33-29-45(35(3)41-21-13-9-14-22-41)49(46(30-33)36(4)42-23-15-10-16-24-42)51-39(7)40(8)52-50-47(37(5)43-25-17-11-18-26-43)31-34(2)32-48(50)38(6)44-27-19-12-20-28-44;1-16-14-21(17(2)19-10-6-4-7-11-19)23(24)22(15-16)18(3)20-12-8-5-9-13-20;1-3(5)4(2)6/h9-32,35-38H,1-8H3;4-15,17-18H,24H2,1-3H3;1-2H3/t35-,36-,37-,38-;17-,18-;/m11./s1. The molecule has 5 heteroatoms. The van der Waals surface area contributed by atoms with Crippen LogP contribution in [0.15, 0.2) is 228 Å². The van der Waals surface area contributed by atoms with Gasteiger partial charge in [-0.1, -0.05) is 277 Å². The number of aliphatic imine (C=N–C) groups is 2. The van der Waals surface area contributed by atoms with Gasteiger partial charge in [-0.25, -0.2) is 0 Å². The van der Waals surface area contributed by atoms with Crippen molar-refractivity contribution >= 4 is 40.1 Å². The molecule has 9 aromatic rings. The van der Waals surface area contributed by atoms with Gasteiger partial charge in [0.2, 0.25) is 0 Å². The number of hydrogen-bond acceptors (Lipinski definition) is 5. The number of Topliss-reactive ketones (excluding diaryl/α,β-unsaturated/α-hetero) is 2. The number of carbonyl (C=O) groups is 2. The highest BCUT2D eigenvalue weighted by molar-refractivity contribution is 6.41. The lowest BCUT2D eigenvalue weighted by Crippen LogP contribution is -2.10. The molecule has 2 N–H and O–H groups in total. The lowest BCUT2D eigenvalue weighted by atomic mass is 9.84. The van der Waals surface area contributed by atoms with Gasteiger partial charge in [0.1, 0.15) is 0 Å². The number of rotatable bonds is 16. The minimum atomic E-state index is -0.380. The molecule has 9 aromatic carbocycles. The maximum absolute atomic E-state index is 9.79. The van der Waals surface area contributed by atoms with Crippen LogP contribution in [0.2, 0.25) is 0 Å². The van der Waals surface area contributed by atoms with Crippen molar-refractivity contribution in [3.8, 4) is 0 Å². The predicted molar refractivity (Wildman–Crippen MR) is 349 cm³/mol. The first kappa shape index (κ1) is 61.1. The molecule has 0 fully saturated rings. The minimum Gasteiger partial charge on any atom is -0.398 e. The molecule has 0 heterocycles. The van der Waals surface area contributed by atoms with Crippen LogP contribution in [0, 0.1) is 20.8 Å². The molecule has 0 amide bonds. The van der Waals surface area contributed by atoms with Gasteiger partial charge in [-0.2, -0.15) is 0 Å². The van der Waals surface area contributed by atoms with E-state index in [4.69, 9.17) is 15.7 Å². The topological polar surface area (TPSA) is 84.9 Å². The molecule has 418 valence electrons. The zero-order valence-electron chi connectivity index (χ0n) is 50.5. The largest absolute Gasteiger partial charge is 0.398 e.